The Bertz CT molecular complexity index is 774. The van der Waals surface area contributed by atoms with Gasteiger partial charge >= 0.3 is 0 Å². The van der Waals surface area contributed by atoms with Gasteiger partial charge < -0.3 is 4.90 Å². The van der Waals surface area contributed by atoms with Gasteiger partial charge in [0, 0.05) is 24.7 Å². The summed E-state index contributed by atoms with van der Waals surface area (Å²) in [6.45, 7) is 9.49. The van der Waals surface area contributed by atoms with Crippen molar-refractivity contribution in [1.29, 1.82) is 0 Å². The van der Waals surface area contributed by atoms with E-state index in [1.807, 2.05) is 47.9 Å². The molecule has 5 nitrogen and oxygen atoms in total. The van der Waals surface area contributed by atoms with Gasteiger partial charge in [-0.1, -0.05) is 55.1 Å². The van der Waals surface area contributed by atoms with Gasteiger partial charge in [0.25, 0.3) is 0 Å². The molecule has 0 N–H and O–H groups in total. The van der Waals surface area contributed by atoms with Gasteiger partial charge in [-0.2, -0.15) is 0 Å². The van der Waals surface area contributed by atoms with Crippen LogP contribution in [0.5, 0.6) is 0 Å². The van der Waals surface area contributed by atoms with Crippen molar-refractivity contribution in [1.82, 2.24) is 19.7 Å². The van der Waals surface area contributed by atoms with Gasteiger partial charge in [0.2, 0.25) is 5.91 Å². The summed E-state index contributed by atoms with van der Waals surface area (Å²) in [7, 11) is 0. The molecule has 1 aromatic heterocycles. The maximum absolute atomic E-state index is 13.0. The number of amides is 1. The fourth-order valence-electron chi connectivity index (χ4n) is 3.63. The number of carbonyl (C=O) groups excluding carboxylic acids is 1. The summed E-state index contributed by atoms with van der Waals surface area (Å²) < 4.78 is 2.03. The van der Waals surface area contributed by atoms with E-state index in [2.05, 4.69) is 28.6 Å². The number of benzene rings is 1. The zero-order chi connectivity index (χ0) is 19.2. The molecular weight excluding hydrogens is 356 g/mol. The molecule has 0 spiro atoms. The van der Waals surface area contributed by atoms with E-state index < -0.39 is 0 Å². The molecule has 1 fully saturated rings. The molecule has 1 saturated heterocycles. The SMILES string of the molecule is C=CCn1c(SC(C)C(=O)N2CCCCC2CC)nnc1-c1ccccc1. The number of aromatic nitrogens is 3. The van der Waals surface area contributed by atoms with Gasteiger partial charge in [-0.25, -0.2) is 0 Å². The Labute approximate surface area is 165 Å². The third-order valence-corrected chi connectivity index (χ3v) is 6.14. The third kappa shape index (κ3) is 4.43. The van der Waals surface area contributed by atoms with Crippen molar-refractivity contribution < 1.29 is 4.79 Å². The number of carbonyl (C=O) groups is 1. The summed E-state index contributed by atoms with van der Waals surface area (Å²) in [5.41, 5.74) is 1.01. The lowest BCUT2D eigenvalue weighted by Crippen LogP contribution is -2.46. The van der Waals surface area contributed by atoms with Crippen LogP contribution in [0, 0.1) is 0 Å². The van der Waals surface area contributed by atoms with Crippen LogP contribution in [0.1, 0.15) is 39.5 Å². The Morgan fingerprint density at radius 1 is 1.33 bits per heavy atom. The van der Waals surface area contributed by atoms with Crippen molar-refractivity contribution in [3.63, 3.8) is 0 Å². The van der Waals surface area contributed by atoms with Gasteiger partial charge in [0.15, 0.2) is 11.0 Å². The second-order valence-electron chi connectivity index (χ2n) is 6.92. The minimum atomic E-state index is -0.187. The average Bonchev–Trinajstić information content (AvgIpc) is 3.10. The second-order valence-corrected chi connectivity index (χ2v) is 8.23. The van der Waals surface area contributed by atoms with Crippen LogP contribution in [0.2, 0.25) is 0 Å². The molecule has 27 heavy (non-hydrogen) atoms. The Morgan fingerprint density at radius 2 is 2.11 bits per heavy atom. The van der Waals surface area contributed by atoms with Crippen molar-refractivity contribution in [2.45, 2.75) is 62.5 Å². The number of nitrogens with zero attached hydrogens (tertiary/aromatic N) is 4. The highest BCUT2D eigenvalue weighted by Crippen LogP contribution is 2.29. The molecule has 2 atom stereocenters. The summed E-state index contributed by atoms with van der Waals surface area (Å²) in [4.78, 5) is 15.1. The molecule has 1 aliphatic rings. The van der Waals surface area contributed by atoms with E-state index in [0.717, 1.165) is 42.4 Å². The minimum absolute atomic E-state index is 0.187. The van der Waals surface area contributed by atoms with Crippen LogP contribution in [-0.2, 0) is 11.3 Å². The van der Waals surface area contributed by atoms with E-state index >= 15 is 0 Å². The fourth-order valence-corrected chi connectivity index (χ4v) is 4.56. The highest BCUT2D eigenvalue weighted by Gasteiger charge is 2.30. The number of allylic oxidation sites excluding steroid dienone is 1. The lowest BCUT2D eigenvalue weighted by atomic mass is 10.00. The van der Waals surface area contributed by atoms with Gasteiger partial charge in [-0.3, -0.25) is 9.36 Å². The van der Waals surface area contributed by atoms with E-state index in [1.54, 1.807) is 0 Å². The highest BCUT2D eigenvalue weighted by molar-refractivity contribution is 8.00. The van der Waals surface area contributed by atoms with Crippen LogP contribution >= 0.6 is 11.8 Å². The Balaban J connectivity index is 1.79. The highest BCUT2D eigenvalue weighted by atomic mass is 32.2. The van der Waals surface area contributed by atoms with E-state index in [1.165, 1.54) is 18.2 Å². The normalized spacial score (nSPS) is 18.3. The number of thioether (sulfide) groups is 1. The first-order chi connectivity index (χ1) is 13.2. The van der Waals surface area contributed by atoms with Crippen LogP contribution in [0.4, 0.5) is 0 Å². The molecule has 144 valence electrons. The third-order valence-electron chi connectivity index (χ3n) is 5.07. The standard InChI is InChI=1S/C21H28N4OS/c1-4-14-25-19(17-11-7-6-8-12-17)22-23-21(25)27-16(3)20(26)24-15-10-9-13-18(24)5-2/h4,6-8,11-12,16,18H,1,5,9-10,13-15H2,2-3H3. The average molecular weight is 385 g/mol. The van der Waals surface area contributed by atoms with Crippen LogP contribution in [0.15, 0.2) is 48.1 Å². The maximum atomic E-state index is 13.0. The summed E-state index contributed by atoms with van der Waals surface area (Å²) in [6.07, 6.45) is 6.30. The first kappa shape index (κ1) is 19.7. The van der Waals surface area contributed by atoms with Crippen molar-refractivity contribution in [2.24, 2.45) is 0 Å². The van der Waals surface area contributed by atoms with Gasteiger partial charge in [-0.05, 0) is 32.6 Å². The second kappa shape index (κ2) is 9.22. The molecule has 0 aliphatic carbocycles. The Kier molecular flexibility index (Phi) is 6.72. The van der Waals surface area contributed by atoms with Crippen molar-refractivity contribution >= 4 is 17.7 Å². The summed E-state index contributed by atoms with van der Waals surface area (Å²) >= 11 is 1.49. The molecule has 2 aromatic rings. The lowest BCUT2D eigenvalue weighted by Gasteiger charge is -2.36. The fraction of sp³-hybridized carbons (Fsp3) is 0.476. The molecule has 1 aromatic carbocycles. The molecule has 3 rings (SSSR count). The van der Waals surface area contributed by atoms with E-state index in [0.29, 0.717) is 12.6 Å². The number of piperidine rings is 1. The topological polar surface area (TPSA) is 51.0 Å². The Hall–Kier alpha value is -2.08. The minimum Gasteiger partial charge on any atom is -0.339 e. The first-order valence-corrected chi connectivity index (χ1v) is 10.6. The molecular formula is C21H28N4OS. The smallest absolute Gasteiger partial charge is 0.236 e. The van der Waals surface area contributed by atoms with E-state index in [4.69, 9.17) is 0 Å². The first-order valence-electron chi connectivity index (χ1n) is 9.72. The van der Waals surface area contributed by atoms with Crippen LogP contribution < -0.4 is 0 Å². The van der Waals surface area contributed by atoms with Gasteiger partial charge in [0.1, 0.15) is 0 Å². The summed E-state index contributed by atoms with van der Waals surface area (Å²) in [5, 5.41) is 9.33. The number of likely N-dealkylation sites (tertiary alicyclic amines) is 1. The molecule has 1 amide bonds. The molecule has 0 saturated carbocycles. The predicted octanol–water partition coefficient (Wildman–Crippen LogP) is 4.40. The van der Waals surface area contributed by atoms with Crippen LogP contribution in [-0.4, -0.2) is 43.4 Å². The van der Waals surface area contributed by atoms with Crippen LogP contribution in [0.3, 0.4) is 0 Å². The Morgan fingerprint density at radius 3 is 2.81 bits per heavy atom. The largest absolute Gasteiger partial charge is 0.339 e. The quantitative estimate of drug-likeness (QED) is 0.524. The molecule has 0 radical (unpaired) electrons. The zero-order valence-corrected chi connectivity index (χ0v) is 17.0. The monoisotopic (exact) mass is 384 g/mol. The number of hydrogen-bond acceptors (Lipinski definition) is 4. The van der Waals surface area contributed by atoms with E-state index in [9.17, 15) is 4.79 Å². The molecule has 2 heterocycles. The zero-order valence-electron chi connectivity index (χ0n) is 16.2. The van der Waals surface area contributed by atoms with Crippen molar-refractivity contribution in [2.75, 3.05) is 6.54 Å². The molecule has 0 bridgehead atoms. The number of rotatable bonds is 7. The molecule has 1 aliphatic heterocycles. The molecule has 6 heteroatoms. The molecule has 2 unspecified atom stereocenters. The van der Waals surface area contributed by atoms with Crippen molar-refractivity contribution in [3.8, 4) is 11.4 Å². The van der Waals surface area contributed by atoms with Crippen molar-refractivity contribution in [3.05, 3.63) is 43.0 Å². The summed E-state index contributed by atoms with van der Waals surface area (Å²) in [6, 6.07) is 10.4. The number of hydrogen-bond donors (Lipinski definition) is 0. The van der Waals surface area contributed by atoms with Gasteiger partial charge in [-0.15, -0.1) is 16.8 Å². The van der Waals surface area contributed by atoms with E-state index in [-0.39, 0.29) is 11.2 Å². The van der Waals surface area contributed by atoms with Gasteiger partial charge in [0.05, 0.1) is 5.25 Å². The summed E-state index contributed by atoms with van der Waals surface area (Å²) in [5.74, 6) is 1.02. The van der Waals surface area contributed by atoms with Crippen LogP contribution in [0.25, 0.3) is 11.4 Å². The predicted molar refractivity (Wildman–Crippen MR) is 111 cm³/mol. The maximum Gasteiger partial charge on any atom is 0.236 e. The lowest BCUT2D eigenvalue weighted by molar-refractivity contribution is -0.134.